The molecule has 2 nitrogen and oxygen atoms in total. The van der Waals surface area contributed by atoms with Crippen LogP contribution in [0.15, 0.2) is 11.6 Å². The van der Waals surface area contributed by atoms with E-state index in [0.29, 0.717) is 0 Å². The van der Waals surface area contributed by atoms with E-state index in [2.05, 4.69) is 30.1 Å². The largest absolute Gasteiger partial charge is 0.313 e. The van der Waals surface area contributed by atoms with Crippen LogP contribution < -0.4 is 5.32 Å². The number of nitrogens with zero attached hydrogens (tertiary/aromatic N) is 1. The molecule has 0 spiro atoms. The minimum Gasteiger partial charge on any atom is -0.313 e. The maximum atomic E-state index is 3.59. The Morgan fingerprint density at radius 3 is 2.67 bits per heavy atom. The second-order valence-electron chi connectivity index (χ2n) is 5.26. The second-order valence-corrected chi connectivity index (χ2v) is 5.26. The van der Waals surface area contributed by atoms with Crippen molar-refractivity contribution in [1.29, 1.82) is 0 Å². The molecule has 0 aromatic rings. The monoisotopic (exact) mass is 208 g/mol. The highest BCUT2D eigenvalue weighted by Gasteiger charge is 2.30. The predicted molar refractivity (Wildman–Crippen MR) is 65.1 cm³/mol. The molecule has 1 saturated carbocycles. The van der Waals surface area contributed by atoms with Crippen molar-refractivity contribution >= 4 is 0 Å². The average Bonchev–Trinajstić information content (AvgIpc) is 2.91. The summed E-state index contributed by atoms with van der Waals surface area (Å²) in [5.74, 6) is 0. The Morgan fingerprint density at radius 2 is 2.13 bits per heavy atom. The van der Waals surface area contributed by atoms with Gasteiger partial charge in [0.2, 0.25) is 0 Å². The van der Waals surface area contributed by atoms with Crippen molar-refractivity contribution < 1.29 is 0 Å². The lowest BCUT2D eigenvalue weighted by Gasteiger charge is -2.24. The lowest BCUT2D eigenvalue weighted by atomic mass is 10.2. The molecule has 2 fully saturated rings. The molecule has 15 heavy (non-hydrogen) atoms. The van der Waals surface area contributed by atoms with Gasteiger partial charge in [0.15, 0.2) is 0 Å². The molecule has 1 N–H and O–H groups in total. The third-order valence-electron chi connectivity index (χ3n) is 3.41. The number of rotatable bonds is 5. The van der Waals surface area contributed by atoms with Gasteiger partial charge in [0.25, 0.3) is 0 Å². The molecular formula is C13H24N2. The van der Waals surface area contributed by atoms with Crippen LogP contribution in [-0.2, 0) is 0 Å². The number of allylic oxidation sites excluding steroid dienone is 1. The molecule has 0 aromatic carbocycles. The van der Waals surface area contributed by atoms with Gasteiger partial charge in [0.1, 0.15) is 0 Å². The first-order chi connectivity index (χ1) is 7.25. The lowest BCUT2D eigenvalue weighted by molar-refractivity contribution is 0.263. The fourth-order valence-corrected chi connectivity index (χ4v) is 2.31. The average molecular weight is 208 g/mol. The predicted octanol–water partition coefficient (Wildman–Crippen LogP) is 2.17. The van der Waals surface area contributed by atoms with E-state index in [9.17, 15) is 0 Å². The molecule has 0 amide bonds. The van der Waals surface area contributed by atoms with Crippen LogP contribution >= 0.6 is 0 Å². The standard InChI is InChI=1S/C13H24N2/c1-11(2)7-9-15(13-5-6-13)10-12-4-3-8-14-12/h7,12-14H,3-6,8-10H2,1-2H3. The van der Waals surface area contributed by atoms with Crippen molar-refractivity contribution in [2.45, 2.75) is 51.6 Å². The fraction of sp³-hybridized carbons (Fsp3) is 0.846. The molecule has 2 heteroatoms. The third kappa shape index (κ3) is 3.62. The van der Waals surface area contributed by atoms with Crippen LogP contribution in [0.4, 0.5) is 0 Å². The molecule has 1 saturated heterocycles. The van der Waals surface area contributed by atoms with Gasteiger partial charge in [-0.05, 0) is 46.1 Å². The zero-order valence-corrected chi connectivity index (χ0v) is 10.1. The van der Waals surface area contributed by atoms with Crippen molar-refractivity contribution in [2.75, 3.05) is 19.6 Å². The molecule has 2 rings (SSSR count). The molecule has 1 aliphatic carbocycles. The van der Waals surface area contributed by atoms with E-state index in [1.54, 1.807) is 0 Å². The van der Waals surface area contributed by atoms with E-state index in [4.69, 9.17) is 0 Å². The summed E-state index contributed by atoms with van der Waals surface area (Å²) in [6.45, 7) is 8.03. The van der Waals surface area contributed by atoms with Gasteiger partial charge < -0.3 is 5.32 Å². The lowest BCUT2D eigenvalue weighted by Crippen LogP contribution is -2.38. The Bertz CT molecular complexity index is 221. The minimum atomic E-state index is 0.760. The minimum absolute atomic E-state index is 0.760. The Balaban J connectivity index is 1.80. The summed E-state index contributed by atoms with van der Waals surface area (Å²) in [6, 6.07) is 1.65. The van der Waals surface area contributed by atoms with Crippen LogP contribution in [0.2, 0.25) is 0 Å². The number of hydrogen-bond acceptors (Lipinski definition) is 2. The van der Waals surface area contributed by atoms with Crippen LogP contribution in [0.25, 0.3) is 0 Å². The molecule has 0 bridgehead atoms. The molecular weight excluding hydrogens is 184 g/mol. The van der Waals surface area contributed by atoms with Crippen LogP contribution in [0.5, 0.6) is 0 Å². The summed E-state index contributed by atoms with van der Waals surface area (Å²) in [7, 11) is 0. The highest BCUT2D eigenvalue weighted by Crippen LogP contribution is 2.27. The van der Waals surface area contributed by atoms with E-state index in [1.807, 2.05) is 0 Å². The van der Waals surface area contributed by atoms with Gasteiger partial charge in [-0.3, -0.25) is 4.90 Å². The zero-order chi connectivity index (χ0) is 10.7. The zero-order valence-electron chi connectivity index (χ0n) is 10.1. The van der Waals surface area contributed by atoms with Crippen molar-refractivity contribution in [3.8, 4) is 0 Å². The van der Waals surface area contributed by atoms with E-state index < -0.39 is 0 Å². The van der Waals surface area contributed by atoms with Gasteiger partial charge in [-0.1, -0.05) is 11.6 Å². The fourth-order valence-electron chi connectivity index (χ4n) is 2.31. The Morgan fingerprint density at radius 1 is 1.33 bits per heavy atom. The number of nitrogens with one attached hydrogen (secondary N) is 1. The molecule has 1 heterocycles. The summed E-state index contributed by atoms with van der Waals surface area (Å²) < 4.78 is 0. The SMILES string of the molecule is CC(C)=CCN(CC1CCCN1)C1CC1. The van der Waals surface area contributed by atoms with Crippen molar-refractivity contribution in [3.05, 3.63) is 11.6 Å². The molecule has 0 aromatic heterocycles. The maximum absolute atomic E-state index is 3.59. The third-order valence-corrected chi connectivity index (χ3v) is 3.41. The van der Waals surface area contributed by atoms with Gasteiger partial charge in [-0.2, -0.15) is 0 Å². The highest BCUT2D eigenvalue weighted by molar-refractivity contribution is 4.98. The van der Waals surface area contributed by atoms with Gasteiger partial charge in [-0.25, -0.2) is 0 Å². The molecule has 1 aliphatic heterocycles. The number of hydrogen-bond donors (Lipinski definition) is 1. The van der Waals surface area contributed by atoms with E-state index in [0.717, 1.165) is 18.6 Å². The first kappa shape index (κ1) is 11.2. The second kappa shape index (κ2) is 5.13. The molecule has 1 unspecified atom stereocenters. The Hall–Kier alpha value is -0.340. The molecule has 0 radical (unpaired) electrons. The summed E-state index contributed by atoms with van der Waals surface area (Å²) >= 11 is 0. The maximum Gasteiger partial charge on any atom is 0.0195 e. The van der Waals surface area contributed by atoms with Crippen LogP contribution in [0.3, 0.4) is 0 Å². The molecule has 1 atom stereocenters. The Kier molecular flexibility index (Phi) is 3.81. The quantitative estimate of drug-likeness (QED) is 0.697. The van der Waals surface area contributed by atoms with Gasteiger partial charge in [-0.15, -0.1) is 0 Å². The summed E-state index contributed by atoms with van der Waals surface area (Å²) in [4.78, 5) is 2.66. The van der Waals surface area contributed by atoms with Gasteiger partial charge in [0, 0.05) is 25.2 Å². The smallest absolute Gasteiger partial charge is 0.0195 e. The van der Waals surface area contributed by atoms with Gasteiger partial charge >= 0.3 is 0 Å². The van der Waals surface area contributed by atoms with Gasteiger partial charge in [0.05, 0.1) is 0 Å². The summed E-state index contributed by atoms with van der Waals surface area (Å²) in [5.41, 5.74) is 1.44. The molecule has 2 aliphatic rings. The first-order valence-corrected chi connectivity index (χ1v) is 6.36. The van der Waals surface area contributed by atoms with Crippen molar-refractivity contribution in [2.24, 2.45) is 0 Å². The topological polar surface area (TPSA) is 15.3 Å². The highest BCUT2D eigenvalue weighted by atomic mass is 15.2. The van der Waals surface area contributed by atoms with Crippen LogP contribution in [0, 0.1) is 0 Å². The van der Waals surface area contributed by atoms with E-state index in [1.165, 1.54) is 44.3 Å². The van der Waals surface area contributed by atoms with E-state index in [-0.39, 0.29) is 0 Å². The van der Waals surface area contributed by atoms with Crippen LogP contribution in [0.1, 0.15) is 39.5 Å². The van der Waals surface area contributed by atoms with Crippen molar-refractivity contribution in [3.63, 3.8) is 0 Å². The first-order valence-electron chi connectivity index (χ1n) is 6.36. The molecule has 86 valence electrons. The normalized spacial score (nSPS) is 25.9. The van der Waals surface area contributed by atoms with Crippen molar-refractivity contribution in [1.82, 2.24) is 10.2 Å². The summed E-state index contributed by atoms with van der Waals surface area (Å²) in [6.07, 6.45) is 7.95. The summed E-state index contributed by atoms with van der Waals surface area (Å²) in [5, 5.41) is 3.59. The van der Waals surface area contributed by atoms with E-state index >= 15 is 0 Å². The van der Waals surface area contributed by atoms with Crippen LogP contribution in [-0.4, -0.2) is 36.6 Å². The Labute approximate surface area is 93.7 Å².